The van der Waals surface area contributed by atoms with Crippen LogP contribution in [0.25, 0.3) is 0 Å². The van der Waals surface area contributed by atoms with Crippen LogP contribution in [0.4, 0.5) is 0 Å². The molecule has 116 valence electrons. The highest BCUT2D eigenvalue weighted by atomic mass is 15.0. The Kier molecular flexibility index (Phi) is 4.14. The number of rotatable bonds is 3. The highest BCUT2D eigenvalue weighted by Gasteiger charge is 2.40. The fraction of sp³-hybridized carbons (Fsp3) is 0.700. The molecular weight excluding hydrogens is 254 g/mol. The van der Waals surface area contributed by atoms with E-state index in [0.29, 0.717) is 17.5 Å². The van der Waals surface area contributed by atoms with Crippen molar-refractivity contribution < 1.29 is 0 Å². The lowest BCUT2D eigenvalue weighted by molar-refractivity contribution is 0.179. The lowest BCUT2D eigenvalue weighted by atomic mass is 9.70. The summed E-state index contributed by atoms with van der Waals surface area (Å²) in [4.78, 5) is 0. The minimum absolute atomic E-state index is 0.359. The molecule has 0 amide bonds. The van der Waals surface area contributed by atoms with Crippen LogP contribution in [0.15, 0.2) is 24.3 Å². The molecule has 2 aliphatic carbocycles. The molecular formula is C20H31N. The van der Waals surface area contributed by atoms with Gasteiger partial charge >= 0.3 is 0 Å². The molecule has 1 heteroatoms. The maximum Gasteiger partial charge on any atom is 0.0377 e. The third-order valence-corrected chi connectivity index (χ3v) is 6.32. The molecule has 1 saturated carbocycles. The van der Waals surface area contributed by atoms with Gasteiger partial charge in [-0.15, -0.1) is 0 Å². The van der Waals surface area contributed by atoms with Crippen LogP contribution in [-0.2, 0) is 6.42 Å². The van der Waals surface area contributed by atoms with E-state index in [2.05, 4.69) is 57.3 Å². The van der Waals surface area contributed by atoms with Gasteiger partial charge in [0.05, 0.1) is 0 Å². The summed E-state index contributed by atoms with van der Waals surface area (Å²) in [6.07, 6.45) is 6.63. The Bertz CT molecular complexity index is 490. The van der Waals surface area contributed by atoms with E-state index in [0.717, 1.165) is 11.8 Å². The van der Waals surface area contributed by atoms with Crippen LogP contribution in [0.3, 0.4) is 0 Å². The SMILES string of the molecule is CCC1CCC(NC2c3ccccc3CCC2(C)C)C1C. The van der Waals surface area contributed by atoms with Gasteiger partial charge in [0.2, 0.25) is 0 Å². The summed E-state index contributed by atoms with van der Waals surface area (Å²) in [5.41, 5.74) is 3.48. The van der Waals surface area contributed by atoms with Gasteiger partial charge in [-0.3, -0.25) is 0 Å². The molecule has 1 aromatic carbocycles. The normalized spacial score (nSPS) is 34.7. The van der Waals surface area contributed by atoms with Crippen LogP contribution < -0.4 is 5.32 Å². The third-order valence-electron chi connectivity index (χ3n) is 6.32. The second-order valence-corrected chi connectivity index (χ2v) is 8.00. The first-order valence-electron chi connectivity index (χ1n) is 8.87. The summed E-state index contributed by atoms with van der Waals surface area (Å²) >= 11 is 0. The van der Waals surface area contributed by atoms with Crippen LogP contribution in [-0.4, -0.2) is 6.04 Å². The van der Waals surface area contributed by atoms with Crippen molar-refractivity contribution in [3.05, 3.63) is 35.4 Å². The van der Waals surface area contributed by atoms with E-state index < -0.39 is 0 Å². The highest BCUT2D eigenvalue weighted by Crippen LogP contribution is 2.45. The van der Waals surface area contributed by atoms with Crippen LogP contribution in [0.2, 0.25) is 0 Å². The lowest BCUT2D eigenvalue weighted by Gasteiger charge is -2.43. The topological polar surface area (TPSA) is 12.0 Å². The molecule has 21 heavy (non-hydrogen) atoms. The van der Waals surface area contributed by atoms with Gasteiger partial charge in [0.15, 0.2) is 0 Å². The van der Waals surface area contributed by atoms with Crippen LogP contribution in [0, 0.1) is 17.3 Å². The van der Waals surface area contributed by atoms with E-state index in [-0.39, 0.29) is 0 Å². The van der Waals surface area contributed by atoms with E-state index in [9.17, 15) is 0 Å². The largest absolute Gasteiger partial charge is 0.306 e. The molecule has 4 unspecified atom stereocenters. The van der Waals surface area contributed by atoms with Crippen molar-refractivity contribution in [3.8, 4) is 0 Å². The van der Waals surface area contributed by atoms with Crippen molar-refractivity contribution in [1.82, 2.24) is 5.32 Å². The van der Waals surface area contributed by atoms with Gasteiger partial charge in [0.25, 0.3) is 0 Å². The standard InChI is InChI=1S/C20H31N/c1-5-15-10-11-18(14(15)2)21-19-17-9-7-6-8-16(17)12-13-20(19,3)4/h6-9,14-15,18-19,21H,5,10-13H2,1-4H3. The molecule has 1 nitrogen and oxygen atoms in total. The summed E-state index contributed by atoms with van der Waals surface area (Å²) < 4.78 is 0. The first-order valence-corrected chi connectivity index (χ1v) is 8.87. The average molecular weight is 285 g/mol. The Morgan fingerprint density at radius 1 is 1.19 bits per heavy atom. The van der Waals surface area contributed by atoms with Crippen molar-refractivity contribution in [3.63, 3.8) is 0 Å². The first-order chi connectivity index (χ1) is 10.0. The fourth-order valence-corrected chi connectivity index (χ4v) is 4.65. The summed E-state index contributed by atoms with van der Waals surface area (Å²) in [5.74, 6) is 1.74. The van der Waals surface area contributed by atoms with E-state index in [1.807, 2.05) is 0 Å². The second kappa shape index (κ2) is 5.76. The molecule has 0 saturated heterocycles. The predicted molar refractivity (Wildman–Crippen MR) is 90.4 cm³/mol. The molecule has 1 N–H and O–H groups in total. The van der Waals surface area contributed by atoms with Gasteiger partial charge in [-0.1, -0.05) is 58.4 Å². The zero-order valence-corrected chi connectivity index (χ0v) is 14.2. The fourth-order valence-electron chi connectivity index (χ4n) is 4.65. The third kappa shape index (κ3) is 2.77. The predicted octanol–water partition coefficient (Wildman–Crippen LogP) is 5.11. The Labute approximate surface area is 130 Å². The molecule has 0 heterocycles. The number of benzene rings is 1. The Hall–Kier alpha value is -0.820. The van der Waals surface area contributed by atoms with Crippen molar-refractivity contribution in [2.75, 3.05) is 0 Å². The number of aryl methyl sites for hydroxylation is 1. The van der Waals surface area contributed by atoms with Crippen molar-refractivity contribution in [1.29, 1.82) is 0 Å². The van der Waals surface area contributed by atoms with Crippen molar-refractivity contribution >= 4 is 0 Å². The lowest BCUT2D eigenvalue weighted by Crippen LogP contribution is -2.44. The van der Waals surface area contributed by atoms with E-state index in [1.165, 1.54) is 32.1 Å². The molecule has 2 aliphatic rings. The molecule has 0 aromatic heterocycles. The Morgan fingerprint density at radius 2 is 1.95 bits per heavy atom. The molecule has 4 atom stereocenters. The number of hydrogen-bond donors (Lipinski definition) is 1. The maximum atomic E-state index is 4.08. The minimum atomic E-state index is 0.359. The number of hydrogen-bond acceptors (Lipinski definition) is 1. The van der Waals surface area contributed by atoms with Gasteiger partial charge in [0.1, 0.15) is 0 Å². The maximum absolute atomic E-state index is 4.08. The van der Waals surface area contributed by atoms with Crippen LogP contribution >= 0.6 is 0 Å². The van der Waals surface area contributed by atoms with Gasteiger partial charge in [0, 0.05) is 12.1 Å². The first kappa shape index (κ1) is 15.1. The molecule has 0 spiro atoms. The zero-order valence-electron chi connectivity index (χ0n) is 14.2. The van der Waals surface area contributed by atoms with E-state index in [1.54, 1.807) is 11.1 Å². The van der Waals surface area contributed by atoms with Gasteiger partial charge in [-0.2, -0.15) is 0 Å². The number of fused-ring (bicyclic) bond motifs is 1. The molecule has 1 aromatic rings. The van der Waals surface area contributed by atoms with E-state index >= 15 is 0 Å². The Morgan fingerprint density at radius 3 is 2.67 bits per heavy atom. The Balaban J connectivity index is 1.83. The summed E-state index contributed by atoms with van der Waals surface area (Å²) in [6.45, 7) is 9.69. The molecule has 1 fully saturated rings. The molecule has 0 bridgehead atoms. The highest BCUT2D eigenvalue weighted by molar-refractivity contribution is 5.34. The summed E-state index contributed by atoms with van der Waals surface area (Å²) in [5, 5.41) is 4.08. The minimum Gasteiger partial charge on any atom is -0.306 e. The molecule has 3 rings (SSSR count). The number of nitrogens with one attached hydrogen (secondary N) is 1. The van der Waals surface area contributed by atoms with E-state index in [4.69, 9.17) is 0 Å². The molecule has 0 aliphatic heterocycles. The summed E-state index contributed by atoms with van der Waals surface area (Å²) in [6, 6.07) is 10.3. The van der Waals surface area contributed by atoms with Crippen molar-refractivity contribution in [2.45, 2.75) is 71.9 Å². The van der Waals surface area contributed by atoms with Gasteiger partial charge < -0.3 is 5.32 Å². The van der Waals surface area contributed by atoms with Gasteiger partial charge in [-0.05, 0) is 54.1 Å². The smallest absolute Gasteiger partial charge is 0.0377 e. The molecule has 0 radical (unpaired) electrons. The second-order valence-electron chi connectivity index (χ2n) is 8.00. The quantitative estimate of drug-likeness (QED) is 0.813. The average Bonchev–Trinajstić information content (AvgIpc) is 2.82. The van der Waals surface area contributed by atoms with Gasteiger partial charge in [-0.25, -0.2) is 0 Å². The van der Waals surface area contributed by atoms with Crippen LogP contribution in [0.5, 0.6) is 0 Å². The summed E-state index contributed by atoms with van der Waals surface area (Å²) in [7, 11) is 0. The monoisotopic (exact) mass is 285 g/mol. The van der Waals surface area contributed by atoms with Crippen molar-refractivity contribution in [2.24, 2.45) is 17.3 Å². The van der Waals surface area contributed by atoms with Crippen LogP contribution in [0.1, 0.15) is 70.5 Å². The zero-order chi connectivity index (χ0) is 15.0.